The van der Waals surface area contributed by atoms with Gasteiger partial charge < -0.3 is 14.7 Å². The Hall–Kier alpha value is -0.420. The summed E-state index contributed by atoms with van der Waals surface area (Å²) >= 11 is 3.93. The maximum Gasteiger partial charge on any atom is 0.128 e. The zero-order chi connectivity index (χ0) is 17.7. The average Bonchev–Trinajstić information content (AvgIpc) is 3.05. The zero-order valence-electron chi connectivity index (χ0n) is 15.2. The second kappa shape index (κ2) is 6.33. The third kappa shape index (κ3) is 2.80. The molecule has 0 aromatic heterocycles. The summed E-state index contributed by atoms with van der Waals surface area (Å²) in [6.45, 7) is 2.41. The van der Waals surface area contributed by atoms with E-state index < -0.39 is 9.93 Å². The van der Waals surface area contributed by atoms with Crippen molar-refractivity contribution in [3.8, 4) is 0 Å². The minimum atomic E-state index is -1.22. The second-order valence-corrected chi connectivity index (χ2v) is 10.5. The van der Waals surface area contributed by atoms with Crippen molar-refractivity contribution >= 4 is 15.9 Å². The summed E-state index contributed by atoms with van der Waals surface area (Å²) in [4.78, 5) is 0. The standard InChI is InChI=1S/C21H31BrNO2/c1-23-11-8-16(9-12-23)13-19(23)17-7-10-20(22,14-17)21(25,15-24)18-5-3-2-4-6-18/h2-6,16-17,19,24-25H,7-15H2,1H3/q+1. The Morgan fingerprint density at radius 2 is 1.88 bits per heavy atom. The molecular weight excluding hydrogens is 378 g/mol. The Morgan fingerprint density at radius 1 is 1.20 bits per heavy atom. The fourth-order valence-corrected chi connectivity index (χ4v) is 7.02. The van der Waals surface area contributed by atoms with Gasteiger partial charge in [0.05, 0.1) is 37.1 Å². The van der Waals surface area contributed by atoms with Crippen molar-refractivity contribution in [1.82, 2.24) is 0 Å². The minimum Gasteiger partial charge on any atom is -0.393 e. The molecule has 0 spiro atoms. The van der Waals surface area contributed by atoms with Crippen molar-refractivity contribution < 1.29 is 14.7 Å². The van der Waals surface area contributed by atoms with Crippen LogP contribution in [0.5, 0.6) is 0 Å². The molecule has 1 aromatic carbocycles. The van der Waals surface area contributed by atoms with Crippen LogP contribution < -0.4 is 0 Å². The third-order valence-electron chi connectivity index (χ3n) is 7.73. The van der Waals surface area contributed by atoms with Crippen LogP contribution in [-0.2, 0) is 5.60 Å². The van der Waals surface area contributed by atoms with Gasteiger partial charge in [0.1, 0.15) is 5.60 Å². The van der Waals surface area contributed by atoms with Crippen molar-refractivity contribution in [2.75, 3.05) is 26.7 Å². The number of quaternary nitrogens is 1. The lowest BCUT2D eigenvalue weighted by atomic mass is 9.74. The molecule has 1 aromatic rings. The molecular formula is C21H31BrNO2+. The van der Waals surface area contributed by atoms with Gasteiger partial charge in [-0.1, -0.05) is 46.3 Å². The summed E-state index contributed by atoms with van der Waals surface area (Å²) in [5, 5.41) is 21.6. The highest BCUT2D eigenvalue weighted by atomic mass is 79.9. The molecule has 5 rings (SSSR count). The summed E-state index contributed by atoms with van der Waals surface area (Å²) < 4.78 is 0.797. The van der Waals surface area contributed by atoms with E-state index in [1.165, 1.54) is 36.8 Å². The normalized spacial score (nSPS) is 43.1. The number of fused-ring (bicyclic) bond motifs is 3. The predicted molar refractivity (Wildman–Crippen MR) is 103 cm³/mol. The van der Waals surface area contributed by atoms with Gasteiger partial charge in [-0.05, 0) is 43.6 Å². The van der Waals surface area contributed by atoms with Crippen molar-refractivity contribution in [3.05, 3.63) is 35.9 Å². The van der Waals surface area contributed by atoms with E-state index in [-0.39, 0.29) is 6.61 Å². The van der Waals surface area contributed by atoms with E-state index in [0.717, 1.165) is 36.8 Å². The number of aliphatic hydroxyl groups excluding tert-OH is 1. The number of aliphatic hydroxyl groups is 2. The number of piperidine rings is 3. The van der Waals surface area contributed by atoms with E-state index in [9.17, 15) is 10.2 Å². The summed E-state index contributed by atoms with van der Waals surface area (Å²) in [7, 11) is 2.45. The number of halogens is 1. The number of nitrogens with zero attached hydrogens (tertiary/aromatic N) is 1. The Labute approximate surface area is 159 Å². The molecule has 4 fully saturated rings. The SMILES string of the molecule is C[N+]12CCC(CC1)CC2C1CCC(Br)(C(O)(CO)c2ccccc2)C1. The third-order valence-corrected chi connectivity index (χ3v) is 9.11. The highest BCUT2D eigenvalue weighted by Crippen LogP contribution is 2.55. The largest absolute Gasteiger partial charge is 0.393 e. The lowest BCUT2D eigenvalue weighted by Crippen LogP contribution is -2.63. The van der Waals surface area contributed by atoms with Gasteiger partial charge in [-0.3, -0.25) is 0 Å². The van der Waals surface area contributed by atoms with E-state index in [4.69, 9.17) is 0 Å². The summed E-state index contributed by atoms with van der Waals surface area (Å²) in [5.41, 5.74) is -0.397. The molecule has 3 aliphatic heterocycles. The number of rotatable bonds is 4. The average molecular weight is 409 g/mol. The first-order valence-electron chi connectivity index (χ1n) is 9.82. The maximum atomic E-state index is 11.5. The van der Waals surface area contributed by atoms with Gasteiger partial charge in [-0.15, -0.1) is 0 Å². The van der Waals surface area contributed by atoms with Gasteiger partial charge in [-0.2, -0.15) is 0 Å². The van der Waals surface area contributed by atoms with Gasteiger partial charge in [0, 0.05) is 12.3 Å². The van der Waals surface area contributed by atoms with Crippen molar-refractivity contribution in [1.29, 1.82) is 0 Å². The topological polar surface area (TPSA) is 40.5 Å². The highest BCUT2D eigenvalue weighted by Gasteiger charge is 2.58. The van der Waals surface area contributed by atoms with Crippen LogP contribution in [0.3, 0.4) is 0 Å². The lowest BCUT2D eigenvalue weighted by Gasteiger charge is -2.54. The van der Waals surface area contributed by atoms with Crippen molar-refractivity contribution in [3.63, 3.8) is 0 Å². The van der Waals surface area contributed by atoms with E-state index in [1.807, 2.05) is 30.3 Å². The molecule has 2 bridgehead atoms. The highest BCUT2D eigenvalue weighted by molar-refractivity contribution is 9.10. The first-order chi connectivity index (χ1) is 11.9. The van der Waals surface area contributed by atoms with Gasteiger partial charge >= 0.3 is 0 Å². The van der Waals surface area contributed by atoms with Gasteiger partial charge in [0.25, 0.3) is 0 Å². The van der Waals surface area contributed by atoms with Crippen LogP contribution in [0.1, 0.15) is 44.1 Å². The molecule has 4 aliphatic rings. The van der Waals surface area contributed by atoms with Gasteiger partial charge in [-0.25, -0.2) is 0 Å². The molecule has 4 atom stereocenters. The molecule has 138 valence electrons. The molecule has 4 heteroatoms. The number of benzene rings is 1. The quantitative estimate of drug-likeness (QED) is 0.591. The maximum absolute atomic E-state index is 11.5. The van der Waals surface area contributed by atoms with Crippen LogP contribution >= 0.6 is 15.9 Å². The fraction of sp³-hybridized carbons (Fsp3) is 0.714. The number of alkyl halides is 1. The first kappa shape index (κ1) is 18.0. The summed E-state index contributed by atoms with van der Waals surface area (Å²) in [5.74, 6) is 1.55. The Bertz CT molecular complexity index is 616. The minimum absolute atomic E-state index is 0.242. The van der Waals surface area contributed by atoms with E-state index in [2.05, 4.69) is 23.0 Å². The Morgan fingerprint density at radius 3 is 2.48 bits per heavy atom. The van der Waals surface area contributed by atoms with Crippen LogP contribution in [0, 0.1) is 11.8 Å². The lowest BCUT2D eigenvalue weighted by molar-refractivity contribution is -0.952. The van der Waals surface area contributed by atoms with E-state index in [1.54, 1.807) is 0 Å². The fourth-order valence-electron chi connectivity index (χ4n) is 6.02. The molecule has 0 amide bonds. The molecule has 3 heterocycles. The molecule has 4 unspecified atom stereocenters. The monoisotopic (exact) mass is 408 g/mol. The first-order valence-corrected chi connectivity index (χ1v) is 10.6. The molecule has 1 aliphatic carbocycles. The van der Waals surface area contributed by atoms with Crippen molar-refractivity contribution in [2.45, 2.75) is 54.5 Å². The molecule has 2 N–H and O–H groups in total. The van der Waals surface area contributed by atoms with Crippen molar-refractivity contribution in [2.24, 2.45) is 11.8 Å². The molecule has 1 saturated carbocycles. The zero-order valence-corrected chi connectivity index (χ0v) is 16.8. The van der Waals surface area contributed by atoms with Crippen LogP contribution in [0.15, 0.2) is 30.3 Å². The van der Waals surface area contributed by atoms with Crippen LogP contribution in [0.25, 0.3) is 0 Å². The Balaban J connectivity index is 1.58. The molecule has 3 saturated heterocycles. The summed E-state index contributed by atoms with van der Waals surface area (Å²) in [6.07, 6.45) is 7.15. The van der Waals surface area contributed by atoms with Crippen LogP contribution in [0.2, 0.25) is 0 Å². The van der Waals surface area contributed by atoms with Gasteiger partial charge in [0.2, 0.25) is 0 Å². The van der Waals surface area contributed by atoms with Crippen LogP contribution in [0.4, 0.5) is 0 Å². The predicted octanol–water partition coefficient (Wildman–Crippen LogP) is 3.43. The smallest absolute Gasteiger partial charge is 0.128 e. The molecule has 25 heavy (non-hydrogen) atoms. The molecule has 0 radical (unpaired) electrons. The van der Waals surface area contributed by atoms with E-state index in [0.29, 0.717) is 5.92 Å². The van der Waals surface area contributed by atoms with E-state index >= 15 is 0 Å². The Kier molecular flexibility index (Phi) is 4.55. The van der Waals surface area contributed by atoms with Crippen LogP contribution in [-0.4, -0.2) is 51.8 Å². The number of hydrogen-bond donors (Lipinski definition) is 2. The second-order valence-electron chi connectivity index (χ2n) is 9.03. The molecule has 3 nitrogen and oxygen atoms in total. The number of hydrogen-bond acceptors (Lipinski definition) is 2. The summed E-state index contributed by atoms with van der Waals surface area (Å²) in [6, 6.07) is 10.4. The van der Waals surface area contributed by atoms with Gasteiger partial charge in [0.15, 0.2) is 0 Å².